The van der Waals surface area contributed by atoms with E-state index in [0.717, 1.165) is 0 Å². The van der Waals surface area contributed by atoms with E-state index in [0.29, 0.717) is 0 Å². The molecule has 8 nitrogen and oxygen atoms in total. The first-order valence-corrected chi connectivity index (χ1v) is 6.31. The first kappa shape index (κ1) is 15.2. The van der Waals surface area contributed by atoms with Crippen LogP contribution in [-0.4, -0.2) is 29.8 Å². The Hall–Kier alpha value is -1.82. The SMILES string of the molecule is O=[N+]([O-])c1cc(S(=O)(=O)Cl)c(O)c(OC(F)(F)F)n1. The van der Waals surface area contributed by atoms with Crippen molar-refractivity contribution in [2.75, 3.05) is 0 Å². The fraction of sp³-hybridized carbons (Fsp3) is 0.167. The first-order chi connectivity index (χ1) is 8.42. The first-order valence-electron chi connectivity index (χ1n) is 4.00. The molecule has 106 valence electrons. The van der Waals surface area contributed by atoms with Crippen LogP contribution in [0.1, 0.15) is 0 Å². The number of hydrogen-bond acceptors (Lipinski definition) is 7. The smallest absolute Gasteiger partial charge is 0.500 e. The molecule has 0 atom stereocenters. The zero-order chi connectivity index (χ0) is 15.0. The molecule has 1 N–H and O–H groups in total. The van der Waals surface area contributed by atoms with Crippen molar-refractivity contribution < 1.29 is 36.4 Å². The highest BCUT2D eigenvalue weighted by molar-refractivity contribution is 8.13. The average Bonchev–Trinajstić information content (AvgIpc) is 2.16. The Labute approximate surface area is 107 Å². The predicted octanol–water partition coefficient (Wildman–Crippen LogP) is 1.52. The summed E-state index contributed by atoms with van der Waals surface area (Å²) in [5.74, 6) is -4.57. The van der Waals surface area contributed by atoms with Crippen LogP contribution >= 0.6 is 10.7 Å². The van der Waals surface area contributed by atoms with Gasteiger partial charge >= 0.3 is 18.1 Å². The van der Waals surface area contributed by atoms with E-state index < -0.39 is 42.7 Å². The molecule has 0 unspecified atom stereocenters. The molecule has 13 heteroatoms. The number of pyridine rings is 1. The average molecular weight is 323 g/mol. The molecule has 1 aromatic heterocycles. The van der Waals surface area contributed by atoms with Crippen molar-refractivity contribution in [3.05, 3.63) is 16.2 Å². The number of hydrogen-bond donors (Lipinski definition) is 1. The van der Waals surface area contributed by atoms with Gasteiger partial charge in [-0.2, -0.15) is 0 Å². The Morgan fingerprint density at radius 1 is 1.47 bits per heavy atom. The Morgan fingerprint density at radius 2 is 2.00 bits per heavy atom. The lowest BCUT2D eigenvalue weighted by Gasteiger charge is -2.07. The molecule has 0 saturated carbocycles. The number of nitrogens with zero attached hydrogens (tertiary/aromatic N) is 2. The van der Waals surface area contributed by atoms with Crippen LogP contribution in [-0.2, 0) is 9.05 Å². The van der Waals surface area contributed by atoms with Gasteiger partial charge in [0.25, 0.3) is 9.05 Å². The summed E-state index contributed by atoms with van der Waals surface area (Å²) in [6, 6.07) is 0.195. The third-order valence-corrected chi connectivity index (χ3v) is 2.91. The number of alkyl halides is 3. The van der Waals surface area contributed by atoms with Gasteiger partial charge in [0, 0.05) is 15.7 Å². The van der Waals surface area contributed by atoms with Gasteiger partial charge in [0.2, 0.25) is 5.75 Å². The van der Waals surface area contributed by atoms with E-state index in [1.165, 1.54) is 0 Å². The predicted molar refractivity (Wildman–Crippen MR) is 52.3 cm³/mol. The zero-order valence-electron chi connectivity index (χ0n) is 8.38. The van der Waals surface area contributed by atoms with E-state index >= 15 is 0 Å². The topological polar surface area (TPSA) is 120 Å². The largest absolute Gasteiger partial charge is 0.575 e. The molecule has 0 amide bonds. The molecule has 0 saturated heterocycles. The van der Waals surface area contributed by atoms with Gasteiger partial charge in [0.1, 0.15) is 4.90 Å². The van der Waals surface area contributed by atoms with Crippen LogP contribution in [0, 0.1) is 10.1 Å². The molecule has 0 bridgehead atoms. The number of nitro groups is 1. The van der Waals surface area contributed by atoms with Gasteiger partial charge < -0.3 is 20.0 Å². The van der Waals surface area contributed by atoms with Gasteiger partial charge in [-0.3, -0.25) is 0 Å². The molecule has 0 aliphatic carbocycles. The van der Waals surface area contributed by atoms with Crippen LogP contribution in [0.5, 0.6) is 11.6 Å². The maximum absolute atomic E-state index is 12.0. The fourth-order valence-electron chi connectivity index (χ4n) is 0.940. The van der Waals surface area contributed by atoms with Gasteiger partial charge in [-0.1, -0.05) is 0 Å². The maximum Gasteiger partial charge on any atom is 0.575 e. The Bertz CT molecular complexity index is 631. The third kappa shape index (κ3) is 3.82. The van der Waals surface area contributed by atoms with Crippen molar-refractivity contribution in [2.24, 2.45) is 0 Å². The minimum absolute atomic E-state index is 0.195. The van der Waals surface area contributed by atoms with E-state index in [2.05, 4.69) is 9.72 Å². The van der Waals surface area contributed by atoms with Crippen LogP contribution in [0.4, 0.5) is 19.0 Å². The molecule has 19 heavy (non-hydrogen) atoms. The molecule has 1 heterocycles. The quantitative estimate of drug-likeness (QED) is 0.509. The number of ether oxygens (including phenoxy) is 1. The normalized spacial score (nSPS) is 12.2. The lowest BCUT2D eigenvalue weighted by Crippen LogP contribution is -2.18. The molecule has 1 aromatic rings. The van der Waals surface area contributed by atoms with E-state index in [4.69, 9.17) is 10.7 Å². The third-order valence-electron chi connectivity index (χ3n) is 1.57. The number of aromatic hydroxyl groups is 1. The summed E-state index contributed by atoms with van der Waals surface area (Å²) in [6.45, 7) is 0. The summed E-state index contributed by atoms with van der Waals surface area (Å²) in [5, 5.41) is 19.6. The number of halogens is 4. The molecule has 0 fully saturated rings. The van der Waals surface area contributed by atoms with Crippen molar-refractivity contribution in [1.29, 1.82) is 0 Å². The molecule has 0 aromatic carbocycles. The maximum atomic E-state index is 12.0. The van der Waals surface area contributed by atoms with E-state index in [1.807, 2.05) is 0 Å². The van der Waals surface area contributed by atoms with Crippen molar-refractivity contribution >= 4 is 25.6 Å². The summed E-state index contributed by atoms with van der Waals surface area (Å²) in [7, 11) is 0.0716. The van der Waals surface area contributed by atoms with Crippen molar-refractivity contribution in [3.63, 3.8) is 0 Å². The minimum Gasteiger partial charge on any atom is -0.500 e. The molecule has 0 spiro atoms. The Kier molecular flexibility index (Phi) is 3.77. The van der Waals surface area contributed by atoms with Crippen LogP contribution in [0.2, 0.25) is 0 Å². The van der Waals surface area contributed by atoms with Crippen LogP contribution < -0.4 is 4.74 Å². The molecule has 0 aliphatic heterocycles. The molecule has 0 aliphatic rings. The monoisotopic (exact) mass is 322 g/mol. The van der Waals surface area contributed by atoms with Crippen LogP contribution in [0.25, 0.3) is 0 Å². The lowest BCUT2D eigenvalue weighted by atomic mass is 10.4. The van der Waals surface area contributed by atoms with Crippen molar-refractivity contribution in [1.82, 2.24) is 4.98 Å². The fourth-order valence-corrected chi connectivity index (χ4v) is 1.86. The zero-order valence-corrected chi connectivity index (χ0v) is 9.95. The summed E-state index contributed by atoms with van der Waals surface area (Å²) in [6.07, 6.45) is -5.34. The standard InChI is InChI=1S/C6H2ClF3N2O6S/c7-19(16,17)2-1-3(12(14)15)11-5(4(2)13)18-6(8,9)10/h1,13H. The highest BCUT2D eigenvalue weighted by atomic mass is 35.7. The molecular weight excluding hydrogens is 321 g/mol. The van der Waals surface area contributed by atoms with Crippen molar-refractivity contribution in [2.45, 2.75) is 11.3 Å². The summed E-state index contributed by atoms with van der Waals surface area (Å²) in [5.41, 5.74) is 0. The molecule has 1 rings (SSSR count). The van der Waals surface area contributed by atoms with Gasteiger partial charge in [0.05, 0.1) is 6.07 Å². The van der Waals surface area contributed by atoms with E-state index in [1.54, 1.807) is 0 Å². The molecule has 0 radical (unpaired) electrons. The van der Waals surface area contributed by atoms with Gasteiger partial charge in [-0.05, 0) is 4.92 Å². The summed E-state index contributed by atoms with van der Waals surface area (Å²) >= 11 is 0. The number of rotatable bonds is 3. The Morgan fingerprint density at radius 3 is 2.37 bits per heavy atom. The summed E-state index contributed by atoms with van der Waals surface area (Å²) < 4.78 is 61.0. The Balaban J connectivity index is 3.55. The minimum atomic E-state index is -5.34. The van der Waals surface area contributed by atoms with Gasteiger partial charge in [-0.15, -0.1) is 13.2 Å². The highest BCUT2D eigenvalue weighted by Gasteiger charge is 2.38. The van der Waals surface area contributed by atoms with E-state index in [-0.39, 0.29) is 6.07 Å². The summed E-state index contributed by atoms with van der Waals surface area (Å²) in [4.78, 5) is 10.5. The van der Waals surface area contributed by atoms with Crippen molar-refractivity contribution in [3.8, 4) is 11.6 Å². The van der Waals surface area contributed by atoms with Crippen LogP contribution in [0.15, 0.2) is 11.0 Å². The second-order valence-corrected chi connectivity index (χ2v) is 5.41. The van der Waals surface area contributed by atoms with Crippen LogP contribution in [0.3, 0.4) is 0 Å². The van der Waals surface area contributed by atoms with E-state index in [9.17, 15) is 36.8 Å². The molecular formula is C6H2ClF3N2O6S. The second-order valence-electron chi connectivity index (χ2n) is 2.88. The van der Waals surface area contributed by atoms with Gasteiger partial charge in [-0.25, -0.2) is 8.42 Å². The van der Waals surface area contributed by atoms with Gasteiger partial charge in [0.15, 0.2) is 0 Å². The highest BCUT2D eigenvalue weighted by Crippen LogP contribution is 2.38. The lowest BCUT2D eigenvalue weighted by molar-refractivity contribution is -0.390. The number of aromatic nitrogens is 1. The second kappa shape index (κ2) is 4.70.